The Kier molecular flexibility index (Phi) is 5.16. The molecule has 0 saturated heterocycles. The topological polar surface area (TPSA) is 12.5 Å². The molecular weight excluding hydrogens is 293 g/mol. The number of hydrogen-bond donors (Lipinski definition) is 0. The third-order valence-electron chi connectivity index (χ3n) is 3.20. The number of hydrogen-bond acceptors (Lipinski definition) is 2. The lowest BCUT2D eigenvalue weighted by Gasteiger charge is -2.24. The fourth-order valence-corrected chi connectivity index (χ4v) is 2.82. The highest BCUT2D eigenvalue weighted by molar-refractivity contribution is 6.33. The maximum absolute atomic E-state index is 6.31. The molecule has 0 aliphatic rings. The van der Waals surface area contributed by atoms with Crippen molar-refractivity contribution in [3.8, 4) is 5.75 Å². The number of anilines is 1. The molecular formula is C16H17Cl2NO. The number of alkyl halides is 1. The van der Waals surface area contributed by atoms with Gasteiger partial charge in [0.1, 0.15) is 5.75 Å². The smallest absolute Gasteiger partial charge is 0.123 e. The first-order valence-electron chi connectivity index (χ1n) is 6.33. The maximum Gasteiger partial charge on any atom is 0.123 e. The van der Waals surface area contributed by atoms with Gasteiger partial charge in [-0.15, -0.1) is 11.6 Å². The Labute approximate surface area is 129 Å². The van der Waals surface area contributed by atoms with Crippen molar-refractivity contribution in [1.82, 2.24) is 0 Å². The van der Waals surface area contributed by atoms with Crippen LogP contribution in [0, 0.1) is 0 Å². The molecule has 2 nitrogen and oxygen atoms in total. The van der Waals surface area contributed by atoms with Crippen molar-refractivity contribution in [3.05, 3.63) is 58.6 Å². The van der Waals surface area contributed by atoms with Crippen LogP contribution in [0.5, 0.6) is 5.75 Å². The van der Waals surface area contributed by atoms with E-state index in [0.29, 0.717) is 17.4 Å². The largest absolute Gasteiger partial charge is 0.496 e. The lowest BCUT2D eigenvalue weighted by Crippen LogP contribution is -2.18. The number of para-hydroxylation sites is 2. The van der Waals surface area contributed by atoms with Crippen molar-refractivity contribution in [2.24, 2.45) is 0 Å². The molecule has 0 amide bonds. The first-order chi connectivity index (χ1) is 9.67. The van der Waals surface area contributed by atoms with E-state index in [2.05, 4.69) is 4.90 Å². The van der Waals surface area contributed by atoms with Crippen LogP contribution in [0.25, 0.3) is 0 Å². The Morgan fingerprint density at radius 2 is 1.75 bits per heavy atom. The normalized spacial score (nSPS) is 10.4. The second-order valence-corrected chi connectivity index (χ2v) is 5.22. The number of nitrogens with zero attached hydrogens (tertiary/aromatic N) is 1. The SMILES string of the molecule is COc1ccccc1CN(C)c1c(Cl)cccc1CCl. The van der Waals surface area contributed by atoms with Crippen molar-refractivity contribution in [3.63, 3.8) is 0 Å². The van der Waals surface area contributed by atoms with Crippen molar-refractivity contribution in [2.75, 3.05) is 19.1 Å². The molecule has 2 aromatic carbocycles. The molecule has 2 aromatic rings. The Morgan fingerprint density at radius 3 is 2.45 bits per heavy atom. The summed E-state index contributed by atoms with van der Waals surface area (Å²) >= 11 is 12.3. The molecule has 0 spiro atoms. The minimum absolute atomic E-state index is 0.437. The van der Waals surface area contributed by atoms with Crippen LogP contribution in [-0.4, -0.2) is 14.2 Å². The van der Waals surface area contributed by atoms with Crippen LogP contribution >= 0.6 is 23.2 Å². The van der Waals surface area contributed by atoms with Gasteiger partial charge >= 0.3 is 0 Å². The molecule has 0 aromatic heterocycles. The van der Waals surface area contributed by atoms with E-state index in [1.54, 1.807) is 7.11 Å². The third kappa shape index (κ3) is 3.20. The quantitative estimate of drug-likeness (QED) is 0.741. The Morgan fingerprint density at radius 1 is 1.05 bits per heavy atom. The summed E-state index contributed by atoms with van der Waals surface area (Å²) < 4.78 is 5.38. The van der Waals surface area contributed by atoms with Crippen LogP contribution in [0.4, 0.5) is 5.69 Å². The van der Waals surface area contributed by atoms with Gasteiger partial charge < -0.3 is 9.64 Å². The summed E-state index contributed by atoms with van der Waals surface area (Å²) in [4.78, 5) is 2.10. The Hall–Kier alpha value is -1.38. The fourth-order valence-electron chi connectivity index (χ4n) is 2.26. The summed E-state index contributed by atoms with van der Waals surface area (Å²) in [6, 6.07) is 13.8. The summed E-state index contributed by atoms with van der Waals surface area (Å²) in [5, 5.41) is 0.709. The second kappa shape index (κ2) is 6.87. The molecule has 0 aliphatic carbocycles. The molecule has 0 N–H and O–H groups in total. The molecule has 4 heteroatoms. The van der Waals surface area contributed by atoms with Gasteiger partial charge in [-0.2, -0.15) is 0 Å². The Bertz CT molecular complexity index is 586. The molecule has 106 valence electrons. The summed E-state index contributed by atoms with van der Waals surface area (Å²) in [5.74, 6) is 1.31. The zero-order valence-electron chi connectivity index (χ0n) is 11.6. The van der Waals surface area contributed by atoms with Crippen LogP contribution in [0.3, 0.4) is 0 Å². The number of halogens is 2. The number of rotatable bonds is 5. The molecule has 2 rings (SSSR count). The van der Waals surface area contributed by atoms with Crippen molar-refractivity contribution in [2.45, 2.75) is 12.4 Å². The average molecular weight is 310 g/mol. The van der Waals surface area contributed by atoms with Gasteiger partial charge in [0, 0.05) is 25.0 Å². The van der Waals surface area contributed by atoms with Crippen LogP contribution in [0.2, 0.25) is 5.02 Å². The number of ether oxygens (including phenoxy) is 1. The van der Waals surface area contributed by atoms with Gasteiger partial charge in [-0.3, -0.25) is 0 Å². The van der Waals surface area contributed by atoms with Gasteiger partial charge in [-0.25, -0.2) is 0 Å². The molecule has 0 heterocycles. The van der Waals surface area contributed by atoms with Gasteiger partial charge in [-0.05, 0) is 17.7 Å². The number of benzene rings is 2. The van der Waals surface area contributed by atoms with E-state index in [-0.39, 0.29) is 0 Å². The first-order valence-corrected chi connectivity index (χ1v) is 7.25. The summed E-state index contributed by atoms with van der Waals surface area (Å²) in [6.45, 7) is 0.706. The van der Waals surface area contributed by atoms with E-state index in [4.69, 9.17) is 27.9 Å². The minimum atomic E-state index is 0.437. The monoisotopic (exact) mass is 309 g/mol. The average Bonchev–Trinajstić information content (AvgIpc) is 2.47. The first kappa shape index (κ1) is 15.0. The standard InChI is InChI=1S/C16H17Cl2NO/c1-19(11-13-6-3-4-9-15(13)20-2)16-12(10-17)7-5-8-14(16)18/h3-9H,10-11H2,1-2H3. The molecule has 0 saturated carbocycles. The Balaban J connectivity index is 2.31. The van der Waals surface area contributed by atoms with Gasteiger partial charge in [0.15, 0.2) is 0 Å². The van der Waals surface area contributed by atoms with E-state index >= 15 is 0 Å². The molecule has 0 aliphatic heterocycles. The molecule has 0 radical (unpaired) electrons. The van der Waals surface area contributed by atoms with E-state index in [1.165, 1.54) is 0 Å². The molecule has 20 heavy (non-hydrogen) atoms. The van der Waals surface area contributed by atoms with E-state index in [9.17, 15) is 0 Å². The minimum Gasteiger partial charge on any atom is -0.496 e. The van der Waals surface area contributed by atoms with Crippen LogP contribution < -0.4 is 9.64 Å². The highest BCUT2D eigenvalue weighted by atomic mass is 35.5. The molecule has 0 unspecified atom stereocenters. The van der Waals surface area contributed by atoms with Gasteiger partial charge in [0.05, 0.1) is 17.8 Å². The van der Waals surface area contributed by atoms with Crippen molar-refractivity contribution in [1.29, 1.82) is 0 Å². The van der Waals surface area contributed by atoms with Crippen molar-refractivity contribution < 1.29 is 4.74 Å². The predicted molar refractivity (Wildman–Crippen MR) is 86.1 cm³/mol. The summed E-state index contributed by atoms with van der Waals surface area (Å²) in [7, 11) is 3.68. The highest BCUT2D eigenvalue weighted by Gasteiger charge is 2.13. The zero-order valence-corrected chi connectivity index (χ0v) is 13.1. The zero-order chi connectivity index (χ0) is 14.5. The molecule has 0 bridgehead atoms. The van der Waals surface area contributed by atoms with Crippen LogP contribution in [0.1, 0.15) is 11.1 Å². The van der Waals surface area contributed by atoms with Crippen LogP contribution in [-0.2, 0) is 12.4 Å². The van der Waals surface area contributed by atoms with Gasteiger partial charge in [0.25, 0.3) is 0 Å². The van der Waals surface area contributed by atoms with Gasteiger partial charge in [0.2, 0.25) is 0 Å². The fraction of sp³-hybridized carbons (Fsp3) is 0.250. The number of methoxy groups -OCH3 is 1. The third-order valence-corrected chi connectivity index (χ3v) is 3.79. The molecule has 0 atom stereocenters. The van der Waals surface area contributed by atoms with E-state index < -0.39 is 0 Å². The van der Waals surface area contributed by atoms with Gasteiger partial charge in [-0.1, -0.05) is 41.9 Å². The second-order valence-electron chi connectivity index (χ2n) is 4.55. The lowest BCUT2D eigenvalue weighted by atomic mass is 10.1. The predicted octanol–water partition coefficient (Wildman–Crippen LogP) is 4.72. The maximum atomic E-state index is 6.31. The molecule has 0 fully saturated rings. The van der Waals surface area contributed by atoms with E-state index in [0.717, 1.165) is 22.6 Å². The van der Waals surface area contributed by atoms with E-state index in [1.807, 2.05) is 49.5 Å². The summed E-state index contributed by atoms with van der Waals surface area (Å²) in [5.41, 5.74) is 3.10. The van der Waals surface area contributed by atoms with Crippen LogP contribution in [0.15, 0.2) is 42.5 Å². The lowest BCUT2D eigenvalue weighted by molar-refractivity contribution is 0.409. The highest BCUT2D eigenvalue weighted by Crippen LogP contribution is 2.32. The summed E-state index contributed by atoms with van der Waals surface area (Å²) in [6.07, 6.45) is 0. The van der Waals surface area contributed by atoms with Crippen molar-refractivity contribution >= 4 is 28.9 Å².